The van der Waals surface area contributed by atoms with Gasteiger partial charge in [0.25, 0.3) is 0 Å². The van der Waals surface area contributed by atoms with Crippen LogP contribution in [0.3, 0.4) is 0 Å². The largest absolute Gasteiger partial charge is 0.465 e. The van der Waals surface area contributed by atoms with Crippen molar-refractivity contribution >= 4 is 12.2 Å². The molecule has 4 heteroatoms. The molecule has 0 aliphatic carbocycles. The van der Waals surface area contributed by atoms with Crippen LogP contribution in [0.15, 0.2) is 29.4 Å². The van der Waals surface area contributed by atoms with E-state index in [0.717, 1.165) is 12.0 Å². The van der Waals surface area contributed by atoms with Gasteiger partial charge in [-0.1, -0.05) is 17.3 Å². The highest BCUT2D eigenvalue weighted by molar-refractivity contribution is 5.89. The van der Waals surface area contributed by atoms with Gasteiger partial charge < -0.3 is 9.57 Å². The zero-order valence-corrected chi connectivity index (χ0v) is 8.34. The molecule has 0 radical (unpaired) electrons. The molecule has 0 saturated carbocycles. The Labute approximate surface area is 87.5 Å². The summed E-state index contributed by atoms with van der Waals surface area (Å²) in [5, 5.41) is 3.70. The Morgan fingerprint density at radius 3 is 2.73 bits per heavy atom. The van der Waals surface area contributed by atoms with Crippen LogP contribution < -0.4 is 0 Å². The van der Waals surface area contributed by atoms with Gasteiger partial charge in [-0.2, -0.15) is 0 Å². The smallest absolute Gasteiger partial charge is 0.337 e. The summed E-state index contributed by atoms with van der Waals surface area (Å²) in [6.07, 6.45) is 2.49. The van der Waals surface area contributed by atoms with Crippen LogP contribution in [-0.4, -0.2) is 19.3 Å². The summed E-state index contributed by atoms with van der Waals surface area (Å²) < 4.78 is 4.61. The molecule has 0 aromatic heterocycles. The second-order valence-corrected chi connectivity index (χ2v) is 3.23. The van der Waals surface area contributed by atoms with Crippen molar-refractivity contribution in [2.45, 2.75) is 12.5 Å². The number of carbonyl (C=O) groups is 1. The lowest BCUT2D eigenvalue weighted by atomic mass is 10.1. The summed E-state index contributed by atoms with van der Waals surface area (Å²) >= 11 is 0. The zero-order valence-electron chi connectivity index (χ0n) is 8.34. The van der Waals surface area contributed by atoms with Crippen molar-refractivity contribution in [3.05, 3.63) is 35.4 Å². The standard InChI is InChI=1S/C11H11NO3/c1-14-11(13)9-4-2-8(3-5-9)10-6-7-12-15-10/h2-5,7,10H,6H2,1H3. The van der Waals surface area contributed by atoms with Gasteiger partial charge in [0.15, 0.2) is 6.10 Å². The predicted molar refractivity (Wildman–Crippen MR) is 54.7 cm³/mol. The van der Waals surface area contributed by atoms with Gasteiger partial charge in [0.1, 0.15) is 0 Å². The van der Waals surface area contributed by atoms with Crippen LogP contribution in [0.2, 0.25) is 0 Å². The fourth-order valence-corrected chi connectivity index (χ4v) is 1.45. The first-order valence-electron chi connectivity index (χ1n) is 4.67. The fraction of sp³-hybridized carbons (Fsp3) is 0.273. The van der Waals surface area contributed by atoms with Gasteiger partial charge in [0.2, 0.25) is 0 Å². The highest BCUT2D eigenvalue weighted by Crippen LogP contribution is 2.24. The summed E-state index contributed by atoms with van der Waals surface area (Å²) in [5.74, 6) is -0.329. The average Bonchev–Trinajstić information content (AvgIpc) is 2.82. The molecular formula is C11H11NO3. The number of oxime groups is 1. The molecule has 78 valence electrons. The quantitative estimate of drug-likeness (QED) is 0.693. The Morgan fingerprint density at radius 2 is 2.20 bits per heavy atom. The molecule has 0 spiro atoms. The van der Waals surface area contributed by atoms with Crippen LogP contribution in [0.1, 0.15) is 28.4 Å². The monoisotopic (exact) mass is 205 g/mol. The molecular weight excluding hydrogens is 194 g/mol. The first-order chi connectivity index (χ1) is 7.31. The third-order valence-electron chi connectivity index (χ3n) is 2.29. The van der Waals surface area contributed by atoms with Crippen molar-refractivity contribution in [2.75, 3.05) is 7.11 Å². The third-order valence-corrected chi connectivity index (χ3v) is 2.29. The van der Waals surface area contributed by atoms with E-state index in [1.54, 1.807) is 18.3 Å². The number of benzene rings is 1. The number of hydrogen-bond acceptors (Lipinski definition) is 4. The van der Waals surface area contributed by atoms with Crippen molar-refractivity contribution in [1.29, 1.82) is 0 Å². The Hall–Kier alpha value is -1.84. The molecule has 1 aromatic rings. The molecule has 2 rings (SSSR count). The van der Waals surface area contributed by atoms with Crippen molar-refractivity contribution in [3.63, 3.8) is 0 Å². The molecule has 0 fully saturated rings. The number of hydrogen-bond donors (Lipinski definition) is 0. The van der Waals surface area contributed by atoms with Crippen molar-refractivity contribution in [2.24, 2.45) is 5.16 Å². The Kier molecular flexibility index (Phi) is 2.67. The summed E-state index contributed by atoms with van der Waals surface area (Å²) in [7, 11) is 1.37. The molecule has 1 heterocycles. The van der Waals surface area contributed by atoms with E-state index in [1.807, 2.05) is 12.1 Å². The van der Waals surface area contributed by atoms with Gasteiger partial charge in [-0.05, 0) is 17.7 Å². The Balaban J connectivity index is 2.13. The maximum Gasteiger partial charge on any atom is 0.337 e. The van der Waals surface area contributed by atoms with Crippen LogP contribution in [0, 0.1) is 0 Å². The molecule has 1 aliphatic rings. The van der Waals surface area contributed by atoms with Gasteiger partial charge in [-0.3, -0.25) is 0 Å². The SMILES string of the molecule is COC(=O)c1ccc(C2CC=NO2)cc1. The van der Waals surface area contributed by atoms with Crippen LogP contribution in [0.4, 0.5) is 0 Å². The first kappa shape index (κ1) is 9.71. The highest BCUT2D eigenvalue weighted by atomic mass is 16.6. The van der Waals surface area contributed by atoms with Crippen LogP contribution in [0.25, 0.3) is 0 Å². The lowest BCUT2D eigenvalue weighted by Gasteiger charge is -2.08. The molecule has 0 bridgehead atoms. The molecule has 15 heavy (non-hydrogen) atoms. The second kappa shape index (κ2) is 4.13. The lowest BCUT2D eigenvalue weighted by Crippen LogP contribution is -2.02. The van der Waals surface area contributed by atoms with Gasteiger partial charge >= 0.3 is 5.97 Å². The highest BCUT2D eigenvalue weighted by Gasteiger charge is 2.16. The minimum atomic E-state index is -0.329. The van der Waals surface area contributed by atoms with Gasteiger partial charge in [-0.15, -0.1) is 0 Å². The van der Waals surface area contributed by atoms with E-state index in [1.165, 1.54) is 7.11 Å². The number of methoxy groups -OCH3 is 1. The molecule has 1 aromatic carbocycles. The van der Waals surface area contributed by atoms with Gasteiger partial charge in [0, 0.05) is 12.6 Å². The second-order valence-electron chi connectivity index (χ2n) is 3.23. The Morgan fingerprint density at radius 1 is 1.47 bits per heavy atom. The van der Waals surface area contributed by atoms with Crippen LogP contribution in [0.5, 0.6) is 0 Å². The maximum atomic E-state index is 11.2. The van der Waals surface area contributed by atoms with Crippen LogP contribution in [-0.2, 0) is 9.57 Å². The molecule has 4 nitrogen and oxygen atoms in total. The first-order valence-corrected chi connectivity index (χ1v) is 4.67. The van der Waals surface area contributed by atoms with E-state index in [4.69, 9.17) is 4.84 Å². The van der Waals surface area contributed by atoms with Crippen molar-refractivity contribution < 1.29 is 14.4 Å². The van der Waals surface area contributed by atoms with Crippen molar-refractivity contribution in [1.82, 2.24) is 0 Å². The number of carbonyl (C=O) groups excluding carboxylic acids is 1. The Bertz CT molecular complexity index is 375. The summed E-state index contributed by atoms with van der Waals surface area (Å²) in [6, 6.07) is 7.16. The fourth-order valence-electron chi connectivity index (χ4n) is 1.45. The van der Waals surface area contributed by atoms with E-state index < -0.39 is 0 Å². The molecule has 0 saturated heterocycles. The van der Waals surface area contributed by atoms with E-state index in [-0.39, 0.29) is 12.1 Å². The minimum Gasteiger partial charge on any atom is -0.465 e. The molecule has 0 N–H and O–H groups in total. The topological polar surface area (TPSA) is 47.9 Å². The van der Waals surface area contributed by atoms with Gasteiger partial charge in [-0.25, -0.2) is 4.79 Å². The maximum absolute atomic E-state index is 11.2. The summed E-state index contributed by atoms with van der Waals surface area (Å²) in [5.41, 5.74) is 1.56. The number of rotatable bonds is 2. The zero-order chi connectivity index (χ0) is 10.7. The lowest BCUT2D eigenvalue weighted by molar-refractivity contribution is 0.0600. The molecule has 1 unspecified atom stereocenters. The van der Waals surface area contributed by atoms with Crippen LogP contribution >= 0.6 is 0 Å². The van der Waals surface area contributed by atoms with E-state index in [0.29, 0.717) is 5.56 Å². The predicted octanol–water partition coefficient (Wildman–Crippen LogP) is 1.92. The third kappa shape index (κ3) is 1.98. The van der Waals surface area contributed by atoms with Gasteiger partial charge in [0.05, 0.1) is 12.7 Å². The number of esters is 1. The summed E-state index contributed by atoms with van der Waals surface area (Å²) in [6.45, 7) is 0. The van der Waals surface area contributed by atoms with E-state index in [9.17, 15) is 4.79 Å². The normalized spacial score (nSPS) is 18.6. The number of nitrogens with zero attached hydrogens (tertiary/aromatic N) is 1. The van der Waals surface area contributed by atoms with E-state index >= 15 is 0 Å². The van der Waals surface area contributed by atoms with E-state index in [2.05, 4.69) is 9.89 Å². The van der Waals surface area contributed by atoms with Crippen molar-refractivity contribution in [3.8, 4) is 0 Å². The summed E-state index contributed by atoms with van der Waals surface area (Å²) in [4.78, 5) is 16.3. The average molecular weight is 205 g/mol. The molecule has 1 atom stereocenters. The minimum absolute atomic E-state index is 0.0169. The molecule has 0 amide bonds. The molecule has 1 aliphatic heterocycles. The number of ether oxygens (including phenoxy) is 1.